The van der Waals surface area contributed by atoms with Crippen molar-refractivity contribution in [3.63, 3.8) is 0 Å². The number of nitrogens with one attached hydrogen (secondary N) is 1. The van der Waals surface area contributed by atoms with E-state index < -0.39 is 0 Å². The summed E-state index contributed by atoms with van der Waals surface area (Å²) in [4.78, 5) is 39.3. The summed E-state index contributed by atoms with van der Waals surface area (Å²) in [5, 5.41) is 2.94. The second kappa shape index (κ2) is 8.17. The molecule has 4 rings (SSSR count). The monoisotopic (exact) mass is 392 g/mol. The van der Waals surface area contributed by atoms with Gasteiger partial charge in [0.1, 0.15) is 5.69 Å². The Morgan fingerprint density at radius 1 is 0.931 bits per heavy atom. The first-order chi connectivity index (χ1) is 14.1. The molecule has 2 aromatic rings. The fourth-order valence-electron chi connectivity index (χ4n) is 4.27. The van der Waals surface area contributed by atoms with Crippen LogP contribution in [0.1, 0.15) is 42.5 Å². The molecule has 0 spiro atoms. The first kappa shape index (κ1) is 19.3. The highest BCUT2D eigenvalue weighted by Crippen LogP contribution is 2.32. The Morgan fingerprint density at radius 3 is 2.34 bits per heavy atom. The summed E-state index contributed by atoms with van der Waals surface area (Å²) in [6.07, 6.45) is 3.85. The van der Waals surface area contributed by atoms with Gasteiger partial charge in [-0.05, 0) is 37.1 Å². The van der Waals surface area contributed by atoms with E-state index in [2.05, 4.69) is 5.32 Å². The third-order valence-electron chi connectivity index (χ3n) is 5.93. The predicted octanol–water partition coefficient (Wildman–Crippen LogP) is 3.22. The fraction of sp³-hybridized carbons (Fsp3) is 0.348. The molecule has 6 heteroatoms. The van der Waals surface area contributed by atoms with Crippen LogP contribution in [0.3, 0.4) is 0 Å². The Labute approximate surface area is 170 Å². The number of carbonyl (C=O) groups is 3. The lowest BCUT2D eigenvalue weighted by molar-refractivity contribution is -0.127. The molecule has 2 fully saturated rings. The molecule has 2 aromatic carbocycles. The second-order valence-electron chi connectivity index (χ2n) is 7.74. The van der Waals surface area contributed by atoms with Crippen LogP contribution in [0.15, 0.2) is 54.6 Å². The maximum Gasteiger partial charge on any atom is 0.320 e. The molecule has 3 amide bonds. The zero-order chi connectivity index (χ0) is 20.3. The Balaban J connectivity index is 1.54. The topological polar surface area (TPSA) is 66.5 Å². The number of rotatable bonds is 5. The van der Waals surface area contributed by atoms with Crippen LogP contribution in [0.5, 0.6) is 0 Å². The van der Waals surface area contributed by atoms with Crippen molar-refractivity contribution in [1.29, 1.82) is 0 Å². The predicted molar refractivity (Wildman–Crippen MR) is 112 cm³/mol. The Kier molecular flexibility index (Phi) is 5.45. The van der Waals surface area contributed by atoms with Crippen LogP contribution in [-0.2, 0) is 9.59 Å². The van der Waals surface area contributed by atoms with Gasteiger partial charge in [-0.1, -0.05) is 18.2 Å². The van der Waals surface area contributed by atoms with Crippen LogP contribution in [0, 0.1) is 0 Å². The minimum atomic E-state index is -0.182. The van der Waals surface area contributed by atoms with Gasteiger partial charge < -0.3 is 10.2 Å². The summed E-state index contributed by atoms with van der Waals surface area (Å²) in [6.45, 7) is 1.63. The molecule has 29 heavy (non-hydrogen) atoms. The average molecular weight is 392 g/mol. The van der Waals surface area contributed by atoms with E-state index in [9.17, 15) is 14.4 Å². The number of nitrogens with zero attached hydrogens (tertiary/aromatic N) is 2. The minimum absolute atomic E-state index is 0.111. The molecule has 2 heterocycles. The maximum absolute atomic E-state index is 12.8. The molecule has 0 saturated carbocycles. The molecule has 0 bridgehead atoms. The summed E-state index contributed by atoms with van der Waals surface area (Å²) >= 11 is 0. The van der Waals surface area contributed by atoms with E-state index in [-0.39, 0.29) is 28.9 Å². The molecule has 0 aromatic heterocycles. The van der Waals surface area contributed by atoms with Gasteiger partial charge in [-0.15, -0.1) is 0 Å². The van der Waals surface area contributed by atoms with Crippen LogP contribution < -0.4 is 14.7 Å². The summed E-state index contributed by atoms with van der Waals surface area (Å²) in [5.74, 6) is 0.0822. The summed E-state index contributed by atoms with van der Waals surface area (Å²) < 4.78 is 0.118. The minimum Gasteiger partial charge on any atom is -0.312 e. The second-order valence-corrected chi connectivity index (χ2v) is 7.74. The van der Waals surface area contributed by atoms with Crippen LogP contribution in [0.25, 0.3) is 0 Å². The van der Waals surface area contributed by atoms with E-state index >= 15 is 0 Å². The molecule has 0 radical (unpaired) electrons. The lowest BCUT2D eigenvalue weighted by atomic mass is 10.1. The average Bonchev–Trinajstić information content (AvgIpc) is 3.14. The highest BCUT2D eigenvalue weighted by Gasteiger charge is 2.43. The van der Waals surface area contributed by atoms with E-state index in [1.165, 1.54) is 0 Å². The molecule has 1 N–H and O–H groups in total. The van der Waals surface area contributed by atoms with Gasteiger partial charge in [0.2, 0.25) is 5.91 Å². The zero-order valence-electron chi connectivity index (χ0n) is 16.5. The van der Waals surface area contributed by atoms with Gasteiger partial charge >= 0.3 is 5.91 Å². The third kappa shape index (κ3) is 3.80. The molecule has 150 valence electrons. The first-order valence-electron chi connectivity index (χ1n) is 10.2. The van der Waals surface area contributed by atoms with Crippen molar-refractivity contribution in [1.82, 2.24) is 9.80 Å². The number of hydrogen-bond donors (Lipinski definition) is 1. The third-order valence-corrected chi connectivity index (χ3v) is 5.93. The van der Waals surface area contributed by atoms with Crippen molar-refractivity contribution in [2.45, 2.75) is 32.1 Å². The zero-order valence-corrected chi connectivity index (χ0v) is 16.5. The van der Waals surface area contributed by atoms with Crippen molar-refractivity contribution < 1.29 is 14.4 Å². The summed E-state index contributed by atoms with van der Waals surface area (Å²) in [5.41, 5.74) is 2.31. The highest BCUT2D eigenvalue weighted by atomic mass is 16.2. The molecular formula is C23H26N3O3+. The van der Waals surface area contributed by atoms with Gasteiger partial charge in [0.05, 0.1) is 13.0 Å². The van der Waals surface area contributed by atoms with Crippen LogP contribution >= 0.6 is 0 Å². The number of amides is 3. The quantitative estimate of drug-likeness (QED) is 0.795. The highest BCUT2D eigenvalue weighted by molar-refractivity contribution is 5.96. The largest absolute Gasteiger partial charge is 0.320 e. The SMILES string of the molecule is O=C(NC[N+]1(c2ccc(N3CCCCC3=O)cc2)CCCC1=O)c1ccccc1. The smallest absolute Gasteiger partial charge is 0.312 e. The van der Waals surface area contributed by atoms with Crippen molar-refractivity contribution in [3.8, 4) is 0 Å². The van der Waals surface area contributed by atoms with E-state index in [4.69, 9.17) is 0 Å². The molecule has 2 aliphatic heterocycles. The number of piperidine rings is 1. The van der Waals surface area contributed by atoms with Gasteiger partial charge in [-0.3, -0.25) is 9.59 Å². The van der Waals surface area contributed by atoms with Gasteiger partial charge in [0, 0.05) is 42.8 Å². The van der Waals surface area contributed by atoms with Crippen LogP contribution in [0.2, 0.25) is 0 Å². The van der Waals surface area contributed by atoms with Crippen molar-refractivity contribution in [2.75, 3.05) is 24.7 Å². The number of likely N-dealkylation sites (tertiary alicyclic amines) is 1. The maximum atomic E-state index is 12.8. The van der Waals surface area contributed by atoms with Crippen molar-refractivity contribution >= 4 is 29.1 Å². The Morgan fingerprint density at radius 2 is 1.69 bits per heavy atom. The Bertz CT molecular complexity index is 911. The summed E-state index contributed by atoms with van der Waals surface area (Å²) in [6, 6.07) is 16.7. The fourth-order valence-corrected chi connectivity index (χ4v) is 4.27. The van der Waals surface area contributed by atoms with E-state index in [1.807, 2.05) is 47.4 Å². The van der Waals surface area contributed by atoms with Gasteiger partial charge in [-0.25, -0.2) is 9.28 Å². The van der Waals surface area contributed by atoms with E-state index in [0.717, 1.165) is 37.2 Å². The number of quaternary nitrogens is 1. The normalized spacial score (nSPS) is 22.0. The number of carbonyl (C=O) groups excluding carboxylic acids is 3. The van der Waals surface area contributed by atoms with Gasteiger partial charge in [-0.2, -0.15) is 0 Å². The number of anilines is 1. The van der Waals surface area contributed by atoms with E-state index in [0.29, 0.717) is 24.9 Å². The molecule has 1 unspecified atom stereocenters. The summed E-state index contributed by atoms with van der Waals surface area (Å²) in [7, 11) is 0. The lowest BCUT2D eigenvalue weighted by Crippen LogP contribution is -2.56. The van der Waals surface area contributed by atoms with Crippen molar-refractivity contribution in [2.24, 2.45) is 0 Å². The molecule has 2 aliphatic rings. The molecule has 2 saturated heterocycles. The molecule has 1 atom stereocenters. The standard InChI is InChI=1S/C23H25N3O3/c27-21-9-4-5-15-25(21)19-11-13-20(14-12-19)26(16-6-10-22(26)28)17-24-23(29)18-7-2-1-3-8-18/h1-3,7-8,11-14H,4-6,9-10,15-17H2/p+1. The Hall–Kier alpha value is -2.99. The van der Waals surface area contributed by atoms with Crippen molar-refractivity contribution in [3.05, 3.63) is 60.2 Å². The first-order valence-corrected chi connectivity index (χ1v) is 10.2. The van der Waals surface area contributed by atoms with Gasteiger partial charge in [0.15, 0.2) is 6.67 Å². The number of hydrogen-bond acceptors (Lipinski definition) is 3. The van der Waals surface area contributed by atoms with E-state index in [1.54, 1.807) is 12.1 Å². The lowest BCUT2D eigenvalue weighted by Gasteiger charge is -2.32. The van der Waals surface area contributed by atoms with Crippen LogP contribution in [0.4, 0.5) is 11.4 Å². The molecule has 0 aliphatic carbocycles. The van der Waals surface area contributed by atoms with Gasteiger partial charge in [0.25, 0.3) is 5.91 Å². The van der Waals surface area contributed by atoms with Crippen LogP contribution in [-0.4, -0.2) is 37.5 Å². The molecular weight excluding hydrogens is 366 g/mol. The molecule has 6 nitrogen and oxygen atoms in total. The number of benzene rings is 2.